The zero-order chi connectivity index (χ0) is 30.0. The van der Waals surface area contributed by atoms with Gasteiger partial charge in [-0.3, -0.25) is 0 Å². The Morgan fingerprint density at radius 2 is 1.24 bits per heavy atom. The number of carbonyl (C=O) groups excluding carboxylic acids is 1. The topological polar surface area (TPSA) is 26.3 Å². The first kappa shape index (κ1) is 31.3. The molecule has 1 aliphatic carbocycles. The van der Waals surface area contributed by atoms with E-state index in [1.165, 1.54) is 55.3 Å². The first-order valence-electron chi connectivity index (χ1n) is 15.0. The van der Waals surface area contributed by atoms with Crippen molar-refractivity contribution in [3.05, 3.63) is 61.5 Å². The van der Waals surface area contributed by atoms with Crippen LogP contribution in [-0.4, -0.2) is 49.1 Å². The summed E-state index contributed by atoms with van der Waals surface area (Å²) in [6.45, 7) is 5.18. The molecule has 0 unspecified atom stereocenters. The van der Waals surface area contributed by atoms with Crippen molar-refractivity contribution in [2.45, 2.75) is 69.2 Å². The molecule has 0 saturated carbocycles. The van der Waals surface area contributed by atoms with E-state index in [9.17, 15) is 4.79 Å². The quantitative estimate of drug-likeness (QED) is 0.104. The van der Waals surface area contributed by atoms with Gasteiger partial charge in [0.15, 0.2) is 0 Å². The number of hydrogen-bond acceptors (Lipinski definition) is 6. The Balaban J connectivity index is 1.67. The molecule has 8 heteroatoms. The Morgan fingerprint density at radius 1 is 0.690 bits per heavy atom. The maximum atomic E-state index is 14.8. The molecule has 0 fully saturated rings. The third kappa shape index (κ3) is 5.75. The molecule has 2 nitrogen and oxygen atoms in total. The van der Waals surface area contributed by atoms with Gasteiger partial charge >= 0.3 is 257 Å². The SMILES string of the molecule is CCCCCCOc1cc2c(s1)c1c(c3sc(C)cc32)=C(c2cc[c]([Sn]([CH3])([CH3])[CH3])s2)C(=O)C=1c1cc[c]([Sn]([CH3])([CH3])[CH3])s1. The second-order valence-electron chi connectivity index (χ2n) is 13.5. The number of ether oxygens (including phenoxy) is 1. The summed E-state index contributed by atoms with van der Waals surface area (Å²) < 4.78 is 11.9. The van der Waals surface area contributed by atoms with Crippen LogP contribution in [0.25, 0.3) is 31.3 Å². The minimum absolute atomic E-state index is 0.204. The van der Waals surface area contributed by atoms with Crippen LogP contribution in [-0.2, 0) is 4.79 Å². The van der Waals surface area contributed by atoms with Crippen molar-refractivity contribution in [2.24, 2.45) is 0 Å². The number of fused-ring (bicyclic) bond motifs is 6. The predicted octanol–water partition coefficient (Wildman–Crippen LogP) is 8.58. The van der Waals surface area contributed by atoms with Gasteiger partial charge in [-0.1, -0.05) is 19.8 Å². The molecule has 0 saturated heterocycles. The van der Waals surface area contributed by atoms with Gasteiger partial charge in [0.25, 0.3) is 0 Å². The Morgan fingerprint density at radius 3 is 1.76 bits per heavy atom. The zero-order valence-electron chi connectivity index (χ0n) is 25.9. The molecule has 220 valence electrons. The molecule has 0 N–H and O–H groups in total. The predicted molar refractivity (Wildman–Crippen MR) is 195 cm³/mol. The van der Waals surface area contributed by atoms with Gasteiger partial charge in [-0.05, 0) is 0 Å². The van der Waals surface area contributed by atoms with Crippen molar-refractivity contribution in [3.8, 4) is 5.06 Å². The molecule has 4 heterocycles. The normalized spacial score (nSPS) is 14.1. The summed E-state index contributed by atoms with van der Waals surface area (Å²) in [5.74, 6) is 0.204. The molecule has 6 rings (SSSR count). The number of hydrogen-bond donors (Lipinski definition) is 0. The summed E-state index contributed by atoms with van der Waals surface area (Å²) >= 11 is 2.73. The van der Waals surface area contributed by atoms with E-state index in [0.29, 0.717) is 0 Å². The third-order valence-corrected chi connectivity index (χ3v) is 31.3. The summed E-state index contributed by atoms with van der Waals surface area (Å²) in [4.78, 5) is 33.1. The van der Waals surface area contributed by atoms with E-state index in [-0.39, 0.29) is 5.78 Å². The summed E-state index contributed by atoms with van der Waals surface area (Å²) in [6, 6.07) is 13.7. The molecule has 42 heavy (non-hydrogen) atoms. The van der Waals surface area contributed by atoms with E-state index in [2.05, 4.69) is 79.9 Å². The fourth-order valence-electron chi connectivity index (χ4n) is 5.70. The first-order valence-corrected chi connectivity index (χ1v) is 38.3. The molecular weight excluding hydrogens is 806 g/mol. The zero-order valence-corrected chi connectivity index (χ0v) is 34.9. The molecule has 0 spiro atoms. The number of carbonyl (C=O) groups is 1. The number of aryl methyl sites for hydroxylation is 1. The molecular formula is C34H40O2S4Sn2. The van der Waals surface area contributed by atoms with E-state index < -0.39 is 36.8 Å². The second-order valence-corrected chi connectivity index (χ2v) is 48.7. The van der Waals surface area contributed by atoms with Crippen LogP contribution in [0.1, 0.15) is 47.2 Å². The minimum atomic E-state index is -2.30. The van der Waals surface area contributed by atoms with E-state index in [0.717, 1.165) is 44.2 Å². The van der Waals surface area contributed by atoms with Crippen LogP contribution < -0.4 is 21.0 Å². The first-order chi connectivity index (χ1) is 19.9. The standard InChI is InChI=1S/C28H22O2S4.6CH3.2Sn/c1-3-4-5-6-11-30-21-15-18-17-14-16(2)33-27(17)24-22(19-9-7-12-31-19)26(29)23(20-10-8-13-32-20)25(24)28(18)34-21;;;;;;;;/h7-10,14-15H,3-6,11H2,1-2H3;6*1H3;;. The molecule has 0 amide bonds. The van der Waals surface area contributed by atoms with Crippen LogP contribution >= 0.6 is 45.3 Å². The summed E-state index contributed by atoms with van der Waals surface area (Å²) in [5, 5.41) is 5.78. The van der Waals surface area contributed by atoms with E-state index in [1.54, 1.807) is 11.3 Å². The number of Topliss-reactive ketones (excluding diaryl/α,β-unsaturated/α-hetero) is 1. The van der Waals surface area contributed by atoms with Gasteiger partial charge in [0.05, 0.1) is 0 Å². The Kier molecular flexibility index (Phi) is 8.90. The van der Waals surface area contributed by atoms with Crippen molar-refractivity contribution in [3.63, 3.8) is 0 Å². The molecule has 0 aliphatic heterocycles. The number of ketones is 1. The fourth-order valence-corrected chi connectivity index (χ4v) is 20.6. The van der Waals surface area contributed by atoms with Crippen molar-refractivity contribution in [2.75, 3.05) is 6.61 Å². The second kappa shape index (κ2) is 11.9. The molecule has 4 aromatic heterocycles. The molecule has 0 atom stereocenters. The average molecular weight is 846 g/mol. The molecule has 5 aromatic rings. The van der Waals surface area contributed by atoms with Crippen molar-refractivity contribution < 1.29 is 9.53 Å². The average Bonchev–Trinajstić information content (AvgIpc) is 3.70. The summed E-state index contributed by atoms with van der Waals surface area (Å²) in [7, 11) is 0. The third-order valence-electron chi connectivity index (χ3n) is 7.94. The number of rotatable bonds is 10. The Labute approximate surface area is 273 Å². The van der Waals surface area contributed by atoms with Crippen molar-refractivity contribution in [1.29, 1.82) is 0 Å². The van der Waals surface area contributed by atoms with Gasteiger partial charge < -0.3 is 0 Å². The molecule has 1 aromatic carbocycles. The Hall–Kier alpha value is -0.653. The van der Waals surface area contributed by atoms with Crippen LogP contribution in [0.2, 0.25) is 29.6 Å². The van der Waals surface area contributed by atoms with Crippen LogP contribution in [0.5, 0.6) is 5.06 Å². The maximum absolute atomic E-state index is 14.8. The van der Waals surface area contributed by atoms with Crippen LogP contribution in [0.4, 0.5) is 0 Å². The van der Waals surface area contributed by atoms with Gasteiger partial charge in [0.1, 0.15) is 0 Å². The van der Waals surface area contributed by atoms with E-state index >= 15 is 0 Å². The Bertz CT molecular complexity index is 1950. The number of thiophene rings is 4. The molecule has 1 aliphatic rings. The van der Waals surface area contributed by atoms with Crippen molar-refractivity contribution >= 4 is 125 Å². The number of unbranched alkanes of at least 4 members (excludes halogenated alkanes) is 3. The van der Waals surface area contributed by atoms with Crippen LogP contribution in [0.15, 0.2) is 36.4 Å². The van der Waals surface area contributed by atoms with Gasteiger partial charge in [-0.2, -0.15) is 0 Å². The van der Waals surface area contributed by atoms with Gasteiger partial charge in [-0.25, -0.2) is 0 Å². The van der Waals surface area contributed by atoms with Crippen LogP contribution in [0.3, 0.4) is 0 Å². The van der Waals surface area contributed by atoms with Gasteiger partial charge in [-0.15, -0.1) is 0 Å². The van der Waals surface area contributed by atoms with Crippen molar-refractivity contribution in [1.82, 2.24) is 0 Å². The summed E-state index contributed by atoms with van der Waals surface area (Å²) in [6.07, 6.45) is 4.76. The molecule has 0 radical (unpaired) electrons. The van der Waals surface area contributed by atoms with Gasteiger partial charge in [0, 0.05) is 0 Å². The van der Waals surface area contributed by atoms with Gasteiger partial charge in [0.2, 0.25) is 0 Å². The monoisotopic (exact) mass is 848 g/mol. The van der Waals surface area contributed by atoms with E-state index in [1.807, 2.05) is 34.0 Å². The number of benzene rings is 1. The molecule has 0 bridgehead atoms. The summed E-state index contributed by atoms with van der Waals surface area (Å²) in [5.41, 5.74) is 1.83. The fraction of sp³-hybridized carbons (Fsp3) is 0.382. The van der Waals surface area contributed by atoms with Crippen LogP contribution in [0, 0.1) is 6.92 Å². The van der Waals surface area contributed by atoms with E-state index in [4.69, 9.17) is 4.74 Å².